The Kier molecular flexibility index (Phi) is 4.06. The van der Waals surface area contributed by atoms with Crippen LogP contribution in [0.5, 0.6) is 0 Å². The zero-order valence-corrected chi connectivity index (χ0v) is 12.7. The molecule has 1 atom stereocenters. The van der Waals surface area contributed by atoms with E-state index in [2.05, 4.69) is 22.1 Å². The maximum absolute atomic E-state index is 13.1. The van der Waals surface area contributed by atoms with E-state index >= 15 is 0 Å². The quantitative estimate of drug-likeness (QED) is 0.908. The van der Waals surface area contributed by atoms with Crippen molar-refractivity contribution in [2.45, 2.75) is 38.4 Å². The summed E-state index contributed by atoms with van der Waals surface area (Å²) in [5.41, 5.74) is 0.978. The van der Waals surface area contributed by atoms with E-state index in [0.29, 0.717) is 24.6 Å². The summed E-state index contributed by atoms with van der Waals surface area (Å²) < 4.78 is 39.4. The van der Waals surface area contributed by atoms with Gasteiger partial charge in [0.1, 0.15) is 11.9 Å². The van der Waals surface area contributed by atoms with Crippen LogP contribution >= 0.6 is 0 Å². The Bertz CT molecular complexity index is 532. The SMILES string of the molecule is CCN1CCCNc2nc(N3CCC[C@@H]3C(F)(F)F)ccc21. The van der Waals surface area contributed by atoms with E-state index < -0.39 is 12.2 Å². The summed E-state index contributed by atoms with van der Waals surface area (Å²) >= 11 is 0. The van der Waals surface area contributed by atoms with E-state index in [-0.39, 0.29) is 6.42 Å². The molecular weight excluding hydrogens is 293 g/mol. The molecule has 0 spiro atoms. The Labute approximate surface area is 128 Å². The van der Waals surface area contributed by atoms with Crippen LogP contribution < -0.4 is 15.1 Å². The van der Waals surface area contributed by atoms with Crippen molar-refractivity contribution in [3.05, 3.63) is 12.1 Å². The van der Waals surface area contributed by atoms with Crippen LogP contribution in [-0.2, 0) is 0 Å². The van der Waals surface area contributed by atoms with Gasteiger partial charge in [0.2, 0.25) is 0 Å². The summed E-state index contributed by atoms with van der Waals surface area (Å²) in [5, 5.41) is 3.25. The van der Waals surface area contributed by atoms with Gasteiger partial charge >= 0.3 is 6.18 Å². The number of nitrogens with one attached hydrogen (secondary N) is 1. The van der Waals surface area contributed by atoms with Gasteiger partial charge in [-0.3, -0.25) is 0 Å². The van der Waals surface area contributed by atoms with Gasteiger partial charge in [-0.2, -0.15) is 13.2 Å². The molecular formula is C15H21F3N4. The fourth-order valence-electron chi connectivity index (χ4n) is 3.29. The lowest BCUT2D eigenvalue weighted by Gasteiger charge is -2.29. The topological polar surface area (TPSA) is 31.4 Å². The summed E-state index contributed by atoms with van der Waals surface area (Å²) in [6.45, 7) is 5.08. The third kappa shape index (κ3) is 2.80. The number of anilines is 3. The molecule has 7 heteroatoms. The minimum absolute atomic E-state index is 0.150. The Balaban J connectivity index is 1.91. The molecule has 22 heavy (non-hydrogen) atoms. The highest BCUT2D eigenvalue weighted by Crippen LogP contribution is 2.37. The monoisotopic (exact) mass is 314 g/mol. The van der Waals surface area contributed by atoms with Gasteiger partial charge in [0.05, 0.1) is 5.69 Å². The molecule has 1 aromatic rings. The van der Waals surface area contributed by atoms with Gasteiger partial charge in [-0.05, 0) is 38.3 Å². The minimum Gasteiger partial charge on any atom is -0.369 e. The van der Waals surface area contributed by atoms with Crippen LogP contribution in [0, 0.1) is 0 Å². The lowest BCUT2D eigenvalue weighted by atomic mass is 10.2. The molecule has 3 rings (SSSR count). The molecule has 1 aromatic heterocycles. The zero-order chi connectivity index (χ0) is 15.7. The molecule has 2 aliphatic rings. The standard InChI is InChI=1S/C15H21F3N4/c1-2-21-9-4-8-19-14-11(21)6-7-13(20-14)22-10-3-5-12(22)15(16,17)18/h6-7,12H,2-5,8-10H2,1H3,(H,19,20)/t12-/m1/s1. The smallest absolute Gasteiger partial charge is 0.369 e. The molecule has 0 amide bonds. The van der Waals surface area contributed by atoms with E-state index in [9.17, 15) is 13.2 Å². The van der Waals surface area contributed by atoms with Crippen LogP contribution in [0.3, 0.4) is 0 Å². The molecule has 4 nitrogen and oxygen atoms in total. The van der Waals surface area contributed by atoms with Crippen molar-refractivity contribution in [2.24, 2.45) is 0 Å². The number of rotatable bonds is 2. The normalized spacial score (nSPS) is 22.3. The number of aromatic nitrogens is 1. The fraction of sp³-hybridized carbons (Fsp3) is 0.667. The van der Waals surface area contributed by atoms with Gasteiger partial charge in [0.15, 0.2) is 5.82 Å². The van der Waals surface area contributed by atoms with Crippen molar-refractivity contribution in [1.82, 2.24) is 4.98 Å². The van der Waals surface area contributed by atoms with Gasteiger partial charge in [0.25, 0.3) is 0 Å². The first-order chi connectivity index (χ1) is 10.5. The highest BCUT2D eigenvalue weighted by atomic mass is 19.4. The maximum atomic E-state index is 13.1. The Hall–Kier alpha value is -1.66. The number of alkyl halides is 3. The number of halogens is 3. The third-order valence-electron chi connectivity index (χ3n) is 4.40. The molecule has 122 valence electrons. The molecule has 0 bridgehead atoms. The van der Waals surface area contributed by atoms with Crippen molar-refractivity contribution >= 4 is 17.3 Å². The number of fused-ring (bicyclic) bond motifs is 1. The second-order valence-electron chi connectivity index (χ2n) is 5.79. The molecule has 2 aliphatic heterocycles. The highest BCUT2D eigenvalue weighted by Gasteiger charge is 2.46. The van der Waals surface area contributed by atoms with Gasteiger partial charge in [-0.25, -0.2) is 4.98 Å². The van der Waals surface area contributed by atoms with Crippen LogP contribution in [0.1, 0.15) is 26.2 Å². The predicted molar refractivity (Wildman–Crippen MR) is 81.7 cm³/mol. The van der Waals surface area contributed by atoms with Crippen molar-refractivity contribution in [2.75, 3.05) is 41.3 Å². The second kappa shape index (κ2) is 5.85. The Morgan fingerprint density at radius 1 is 1.27 bits per heavy atom. The Morgan fingerprint density at radius 3 is 2.82 bits per heavy atom. The first kappa shape index (κ1) is 15.2. The van der Waals surface area contributed by atoms with Crippen LogP contribution in [0.2, 0.25) is 0 Å². The number of hydrogen-bond acceptors (Lipinski definition) is 4. The molecule has 0 aliphatic carbocycles. The van der Waals surface area contributed by atoms with E-state index in [1.165, 1.54) is 4.90 Å². The molecule has 3 heterocycles. The summed E-state index contributed by atoms with van der Waals surface area (Å²) in [4.78, 5) is 8.09. The maximum Gasteiger partial charge on any atom is 0.408 e. The average Bonchev–Trinajstić information content (AvgIpc) is 2.89. The molecule has 0 aromatic carbocycles. The van der Waals surface area contributed by atoms with Gasteiger partial charge < -0.3 is 15.1 Å². The van der Waals surface area contributed by atoms with Crippen LogP contribution in [0.4, 0.5) is 30.5 Å². The van der Waals surface area contributed by atoms with E-state index in [1.807, 2.05) is 6.07 Å². The molecule has 1 fully saturated rings. The van der Waals surface area contributed by atoms with Crippen molar-refractivity contribution in [3.8, 4) is 0 Å². The lowest BCUT2D eigenvalue weighted by Crippen LogP contribution is -2.41. The average molecular weight is 314 g/mol. The first-order valence-electron chi connectivity index (χ1n) is 7.84. The summed E-state index contributed by atoms with van der Waals surface area (Å²) in [6.07, 6.45) is -2.50. The summed E-state index contributed by atoms with van der Waals surface area (Å²) in [7, 11) is 0. The molecule has 1 saturated heterocycles. The van der Waals surface area contributed by atoms with Crippen molar-refractivity contribution in [1.29, 1.82) is 0 Å². The molecule has 1 N–H and O–H groups in total. The molecule has 0 radical (unpaired) electrons. The van der Waals surface area contributed by atoms with Crippen LogP contribution in [0.25, 0.3) is 0 Å². The van der Waals surface area contributed by atoms with Gasteiger partial charge in [-0.15, -0.1) is 0 Å². The van der Waals surface area contributed by atoms with Gasteiger partial charge in [0, 0.05) is 26.2 Å². The van der Waals surface area contributed by atoms with E-state index in [0.717, 1.165) is 31.7 Å². The minimum atomic E-state index is -4.20. The van der Waals surface area contributed by atoms with Gasteiger partial charge in [-0.1, -0.05) is 0 Å². The summed E-state index contributed by atoms with van der Waals surface area (Å²) in [6, 6.07) is 2.20. The largest absolute Gasteiger partial charge is 0.408 e. The lowest BCUT2D eigenvalue weighted by molar-refractivity contribution is -0.146. The molecule has 0 unspecified atom stereocenters. The second-order valence-corrected chi connectivity index (χ2v) is 5.79. The fourth-order valence-corrected chi connectivity index (χ4v) is 3.29. The van der Waals surface area contributed by atoms with Crippen molar-refractivity contribution < 1.29 is 13.2 Å². The van der Waals surface area contributed by atoms with Crippen LogP contribution in [-0.4, -0.2) is 43.4 Å². The zero-order valence-electron chi connectivity index (χ0n) is 12.7. The third-order valence-corrected chi connectivity index (χ3v) is 4.40. The Morgan fingerprint density at radius 2 is 2.09 bits per heavy atom. The number of nitrogens with zero attached hydrogens (tertiary/aromatic N) is 3. The van der Waals surface area contributed by atoms with Crippen molar-refractivity contribution in [3.63, 3.8) is 0 Å². The van der Waals surface area contributed by atoms with E-state index in [1.54, 1.807) is 6.07 Å². The highest BCUT2D eigenvalue weighted by molar-refractivity contribution is 5.69. The number of pyridine rings is 1. The van der Waals surface area contributed by atoms with Crippen LogP contribution in [0.15, 0.2) is 12.1 Å². The molecule has 0 saturated carbocycles. The predicted octanol–water partition coefficient (Wildman–Crippen LogP) is 3.25. The summed E-state index contributed by atoms with van der Waals surface area (Å²) in [5.74, 6) is 1.12. The first-order valence-corrected chi connectivity index (χ1v) is 7.84. The van der Waals surface area contributed by atoms with E-state index in [4.69, 9.17) is 0 Å². The number of hydrogen-bond donors (Lipinski definition) is 1.